The van der Waals surface area contributed by atoms with Crippen LogP contribution in [0.4, 0.5) is 5.69 Å². The summed E-state index contributed by atoms with van der Waals surface area (Å²) in [6.07, 6.45) is 1.20. The van der Waals surface area contributed by atoms with Crippen LogP contribution in [0, 0.1) is 0 Å². The summed E-state index contributed by atoms with van der Waals surface area (Å²) < 4.78 is 0. The van der Waals surface area contributed by atoms with E-state index in [4.69, 9.17) is 0 Å². The van der Waals surface area contributed by atoms with Gasteiger partial charge in [-0.05, 0) is 52.4 Å². The van der Waals surface area contributed by atoms with Crippen molar-refractivity contribution in [1.29, 1.82) is 0 Å². The number of hydrogen-bond donors (Lipinski definition) is 2. The van der Waals surface area contributed by atoms with Crippen LogP contribution in [-0.4, -0.2) is 12.6 Å². The van der Waals surface area contributed by atoms with Crippen molar-refractivity contribution in [2.24, 2.45) is 0 Å². The number of fused-ring (bicyclic) bond motifs is 6. The Labute approximate surface area is 167 Å². The van der Waals surface area contributed by atoms with E-state index < -0.39 is 0 Å². The van der Waals surface area contributed by atoms with Crippen LogP contribution in [0.2, 0.25) is 0 Å². The van der Waals surface area contributed by atoms with Crippen molar-refractivity contribution >= 4 is 5.69 Å². The monoisotopic (exact) mass is 366 g/mol. The summed E-state index contributed by atoms with van der Waals surface area (Å²) in [7, 11) is 0. The minimum absolute atomic E-state index is 0.0576. The number of anilines is 1. The van der Waals surface area contributed by atoms with Crippen molar-refractivity contribution in [3.8, 4) is 11.1 Å². The molecule has 140 valence electrons. The molecule has 2 aliphatic heterocycles. The Morgan fingerprint density at radius 2 is 1.64 bits per heavy atom. The van der Waals surface area contributed by atoms with Crippen LogP contribution in [-0.2, 0) is 5.41 Å². The highest BCUT2D eigenvalue weighted by molar-refractivity contribution is 5.81. The molecule has 2 heteroatoms. The quantitative estimate of drug-likeness (QED) is 0.585. The summed E-state index contributed by atoms with van der Waals surface area (Å²) in [5.41, 5.74) is 9.99. The molecule has 1 fully saturated rings. The van der Waals surface area contributed by atoms with Crippen molar-refractivity contribution < 1.29 is 0 Å². The summed E-state index contributed by atoms with van der Waals surface area (Å²) in [5, 5.41) is 7.65. The zero-order valence-corrected chi connectivity index (χ0v) is 16.5. The molecule has 0 amide bonds. The van der Waals surface area contributed by atoms with Gasteiger partial charge >= 0.3 is 0 Å². The van der Waals surface area contributed by atoms with Gasteiger partial charge in [0.05, 0.1) is 12.1 Å². The molecule has 0 aromatic heterocycles. The van der Waals surface area contributed by atoms with Gasteiger partial charge in [-0.2, -0.15) is 0 Å². The summed E-state index contributed by atoms with van der Waals surface area (Å²) in [5.74, 6) is 0.598. The molecule has 3 atom stereocenters. The maximum Gasteiger partial charge on any atom is 0.0531 e. The van der Waals surface area contributed by atoms with Crippen LogP contribution >= 0.6 is 0 Å². The second-order valence-electron chi connectivity index (χ2n) is 9.06. The second-order valence-corrected chi connectivity index (χ2v) is 9.06. The first kappa shape index (κ1) is 16.4. The first-order valence-corrected chi connectivity index (χ1v) is 10.5. The van der Waals surface area contributed by atoms with Gasteiger partial charge in [-0.1, -0.05) is 74.5 Å². The average Bonchev–Trinajstić information content (AvgIpc) is 3.22. The molecular weight excluding hydrogens is 340 g/mol. The number of piperidine rings is 1. The van der Waals surface area contributed by atoms with Crippen LogP contribution in [0.5, 0.6) is 0 Å². The van der Waals surface area contributed by atoms with Gasteiger partial charge in [-0.15, -0.1) is 0 Å². The number of benzene rings is 3. The van der Waals surface area contributed by atoms with E-state index in [1.807, 2.05) is 0 Å². The third-order valence-corrected chi connectivity index (χ3v) is 7.26. The molecule has 3 aliphatic rings. The molecule has 6 rings (SSSR count). The smallest absolute Gasteiger partial charge is 0.0531 e. The molecule has 2 heterocycles. The maximum absolute atomic E-state index is 3.83. The molecule has 0 radical (unpaired) electrons. The average molecular weight is 367 g/mol. The zero-order chi connectivity index (χ0) is 18.9. The lowest BCUT2D eigenvalue weighted by Gasteiger charge is -2.36. The molecule has 2 N–H and O–H groups in total. The van der Waals surface area contributed by atoms with E-state index >= 15 is 0 Å². The number of para-hydroxylation sites is 1. The van der Waals surface area contributed by atoms with E-state index in [2.05, 4.69) is 91.2 Å². The standard InChI is InChI=1S/C26H26N2/c1-26(2)21-9-5-3-7-17(21)18-12-11-16(15-22(18)26)24-25-20(13-14-27-24)19-8-4-6-10-23(19)28-25/h3-12,15,20,24-25,27-28H,13-14H2,1-2H3. The largest absolute Gasteiger partial charge is 0.380 e. The molecule has 3 aromatic carbocycles. The van der Waals surface area contributed by atoms with E-state index in [1.165, 1.54) is 45.5 Å². The highest BCUT2D eigenvalue weighted by atomic mass is 15.1. The molecule has 0 spiro atoms. The molecule has 1 saturated heterocycles. The third-order valence-electron chi connectivity index (χ3n) is 7.26. The van der Waals surface area contributed by atoms with E-state index in [-0.39, 0.29) is 5.41 Å². The van der Waals surface area contributed by atoms with Crippen molar-refractivity contribution in [2.45, 2.75) is 43.7 Å². The third kappa shape index (κ3) is 2.13. The van der Waals surface area contributed by atoms with Crippen molar-refractivity contribution in [3.63, 3.8) is 0 Å². The van der Waals surface area contributed by atoms with Gasteiger partial charge < -0.3 is 10.6 Å². The lowest BCUT2D eigenvalue weighted by atomic mass is 9.79. The van der Waals surface area contributed by atoms with Gasteiger partial charge in [0.25, 0.3) is 0 Å². The van der Waals surface area contributed by atoms with E-state index in [0.717, 1.165) is 6.54 Å². The SMILES string of the molecule is CC1(C)c2ccccc2-c2ccc(C3NCCC4c5ccccc5NC43)cc21. The second kappa shape index (κ2) is 5.71. The van der Waals surface area contributed by atoms with E-state index in [1.54, 1.807) is 0 Å². The number of hydrogen-bond acceptors (Lipinski definition) is 2. The highest BCUT2D eigenvalue weighted by Crippen LogP contribution is 2.50. The van der Waals surface area contributed by atoms with Gasteiger partial charge in [0.1, 0.15) is 0 Å². The van der Waals surface area contributed by atoms with Crippen LogP contribution in [0.3, 0.4) is 0 Å². The van der Waals surface area contributed by atoms with Gasteiger partial charge in [-0.25, -0.2) is 0 Å². The molecule has 1 aliphatic carbocycles. The summed E-state index contributed by atoms with van der Waals surface area (Å²) >= 11 is 0. The van der Waals surface area contributed by atoms with Crippen LogP contribution in [0.1, 0.15) is 54.5 Å². The van der Waals surface area contributed by atoms with Crippen molar-refractivity contribution in [1.82, 2.24) is 5.32 Å². The molecule has 2 nitrogen and oxygen atoms in total. The Balaban J connectivity index is 1.42. The fraction of sp³-hybridized carbons (Fsp3) is 0.308. The fourth-order valence-corrected chi connectivity index (χ4v) is 5.84. The minimum Gasteiger partial charge on any atom is -0.380 e. The molecular formula is C26H26N2. The Bertz CT molecular complexity index is 1080. The Kier molecular flexibility index (Phi) is 3.34. The fourth-order valence-electron chi connectivity index (χ4n) is 5.84. The molecule has 3 unspecified atom stereocenters. The normalized spacial score (nSPS) is 26.0. The van der Waals surface area contributed by atoms with Crippen LogP contribution < -0.4 is 10.6 Å². The van der Waals surface area contributed by atoms with Crippen LogP contribution in [0.15, 0.2) is 66.7 Å². The highest BCUT2D eigenvalue weighted by Gasteiger charge is 2.41. The van der Waals surface area contributed by atoms with Gasteiger partial charge in [0, 0.05) is 17.0 Å². The molecule has 0 bridgehead atoms. The van der Waals surface area contributed by atoms with Gasteiger partial charge in [-0.3, -0.25) is 0 Å². The van der Waals surface area contributed by atoms with E-state index in [9.17, 15) is 0 Å². The predicted octanol–water partition coefficient (Wildman–Crippen LogP) is 5.61. The van der Waals surface area contributed by atoms with Gasteiger partial charge in [0.2, 0.25) is 0 Å². The Hall–Kier alpha value is -2.58. The summed E-state index contributed by atoms with van der Waals surface area (Å²) in [4.78, 5) is 0. The Morgan fingerprint density at radius 3 is 2.57 bits per heavy atom. The number of nitrogens with one attached hydrogen (secondary N) is 2. The first-order valence-electron chi connectivity index (χ1n) is 10.5. The maximum atomic E-state index is 3.83. The van der Waals surface area contributed by atoms with Crippen LogP contribution in [0.25, 0.3) is 11.1 Å². The van der Waals surface area contributed by atoms with Crippen molar-refractivity contribution in [2.75, 3.05) is 11.9 Å². The summed E-state index contributed by atoms with van der Waals surface area (Å²) in [6.45, 7) is 5.80. The lowest BCUT2D eigenvalue weighted by molar-refractivity contribution is 0.348. The topological polar surface area (TPSA) is 24.1 Å². The predicted molar refractivity (Wildman–Crippen MR) is 116 cm³/mol. The summed E-state index contributed by atoms with van der Waals surface area (Å²) in [6, 6.07) is 25.7. The van der Waals surface area contributed by atoms with Gasteiger partial charge in [0.15, 0.2) is 0 Å². The molecule has 3 aromatic rings. The Morgan fingerprint density at radius 1 is 0.857 bits per heavy atom. The van der Waals surface area contributed by atoms with E-state index in [0.29, 0.717) is 18.0 Å². The molecule has 0 saturated carbocycles. The minimum atomic E-state index is 0.0576. The first-order chi connectivity index (χ1) is 13.6. The zero-order valence-electron chi connectivity index (χ0n) is 16.5. The van der Waals surface area contributed by atoms with Crippen molar-refractivity contribution in [3.05, 3.63) is 89.0 Å². The molecule has 28 heavy (non-hydrogen) atoms. The number of rotatable bonds is 1. The lowest BCUT2D eigenvalue weighted by Crippen LogP contribution is -2.43.